The highest BCUT2D eigenvalue weighted by Gasteiger charge is 2.16. The Morgan fingerprint density at radius 1 is 1.29 bits per heavy atom. The highest BCUT2D eigenvalue weighted by molar-refractivity contribution is 6.31. The number of hydrogen-bond donors (Lipinski definition) is 1. The van der Waals surface area contributed by atoms with Gasteiger partial charge < -0.3 is 14.8 Å². The molecule has 1 aliphatic heterocycles. The monoisotopic (exact) mass is 250 g/mol. The van der Waals surface area contributed by atoms with Crippen LogP contribution in [-0.4, -0.2) is 35.7 Å². The number of nitrogens with zero attached hydrogens (tertiary/aromatic N) is 3. The molecule has 90 valence electrons. The van der Waals surface area contributed by atoms with Crippen LogP contribution in [0.1, 0.15) is 0 Å². The average molecular weight is 251 g/mol. The number of anilines is 1. The molecule has 0 saturated carbocycles. The highest BCUT2D eigenvalue weighted by Crippen LogP contribution is 2.24. The van der Waals surface area contributed by atoms with Crippen LogP contribution < -0.4 is 10.2 Å². The lowest BCUT2D eigenvalue weighted by Crippen LogP contribution is -2.44. The van der Waals surface area contributed by atoms with Gasteiger partial charge in [-0.15, -0.1) is 0 Å². The van der Waals surface area contributed by atoms with Crippen LogP contribution in [0.25, 0.3) is 11.0 Å². The van der Waals surface area contributed by atoms with Crippen LogP contribution >= 0.6 is 11.6 Å². The Hall–Kier alpha value is -1.26. The second kappa shape index (κ2) is 4.20. The molecule has 1 fully saturated rings. The molecule has 1 saturated heterocycles. The lowest BCUT2D eigenvalue weighted by atomic mass is 10.3. The van der Waals surface area contributed by atoms with Gasteiger partial charge in [-0.25, -0.2) is 4.98 Å². The fraction of sp³-hybridized carbons (Fsp3) is 0.417. The predicted octanol–water partition coefficient (Wildman–Crippen LogP) is 1.64. The molecule has 17 heavy (non-hydrogen) atoms. The van der Waals surface area contributed by atoms with Crippen LogP contribution in [0.2, 0.25) is 5.02 Å². The van der Waals surface area contributed by atoms with E-state index in [0.717, 1.165) is 48.2 Å². The molecule has 0 spiro atoms. The molecule has 2 heterocycles. The third-order valence-corrected chi connectivity index (χ3v) is 3.45. The highest BCUT2D eigenvalue weighted by atomic mass is 35.5. The van der Waals surface area contributed by atoms with E-state index in [0.29, 0.717) is 0 Å². The Bertz CT molecular complexity index is 543. The van der Waals surface area contributed by atoms with E-state index in [2.05, 4.69) is 26.8 Å². The van der Waals surface area contributed by atoms with Gasteiger partial charge in [0.1, 0.15) is 0 Å². The zero-order chi connectivity index (χ0) is 11.8. The van der Waals surface area contributed by atoms with E-state index in [9.17, 15) is 0 Å². The van der Waals surface area contributed by atoms with Gasteiger partial charge in [-0.1, -0.05) is 11.6 Å². The Morgan fingerprint density at radius 2 is 2.06 bits per heavy atom. The summed E-state index contributed by atoms with van der Waals surface area (Å²) in [5.41, 5.74) is 2.09. The summed E-state index contributed by atoms with van der Waals surface area (Å²) in [6, 6.07) is 5.85. The van der Waals surface area contributed by atoms with Crippen molar-refractivity contribution in [2.24, 2.45) is 7.05 Å². The van der Waals surface area contributed by atoms with Gasteiger partial charge in [0.25, 0.3) is 0 Å². The van der Waals surface area contributed by atoms with Gasteiger partial charge in [-0.05, 0) is 18.2 Å². The molecule has 0 atom stereocenters. The lowest BCUT2D eigenvalue weighted by molar-refractivity contribution is 0.575. The van der Waals surface area contributed by atoms with Gasteiger partial charge in [0.15, 0.2) is 0 Å². The maximum absolute atomic E-state index is 5.99. The smallest absolute Gasteiger partial charge is 0.206 e. The third-order valence-electron chi connectivity index (χ3n) is 3.22. The molecule has 5 heteroatoms. The Labute approximate surface area is 105 Å². The maximum atomic E-state index is 5.99. The summed E-state index contributed by atoms with van der Waals surface area (Å²) in [7, 11) is 2.06. The standard InChI is InChI=1S/C12H15ClN4/c1-16-11-3-2-9(13)8-10(11)15-12(16)17-6-4-14-5-7-17/h2-3,8,14H,4-7H2,1H3. The molecular formula is C12H15ClN4. The summed E-state index contributed by atoms with van der Waals surface area (Å²) in [6.07, 6.45) is 0. The second-order valence-electron chi connectivity index (χ2n) is 4.34. The molecule has 1 aromatic carbocycles. The number of rotatable bonds is 1. The van der Waals surface area contributed by atoms with Crippen molar-refractivity contribution in [1.29, 1.82) is 0 Å². The van der Waals surface area contributed by atoms with Crippen LogP contribution in [0.4, 0.5) is 5.95 Å². The summed E-state index contributed by atoms with van der Waals surface area (Å²) in [5, 5.41) is 4.09. The minimum absolute atomic E-state index is 0.738. The van der Waals surface area contributed by atoms with Crippen LogP contribution in [0.15, 0.2) is 18.2 Å². The number of aryl methyl sites for hydroxylation is 1. The van der Waals surface area contributed by atoms with E-state index in [-0.39, 0.29) is 0 Å². The first-order valence-electron chi connectivity index (χ1n) is 5.83. The number of piperazine rings is 1. The predicted molar refractivity (Wildman–Crippen MR) is 70.8 cm³/mol. The van der Waals surface area contributed by atoms with Gasteiger partial charge >= 0.3 is 0 Å². The van der Waals surface area contributed by atoms with Crippen molar-refractivity contribution in [1.82, 2.24) is 14.9 Å². The maximum Gasteiger partial charge on any atom is 0.206 e. The molecule has 1 N–H and O–H groups in total. The molecule has 0 bridgehead atoms. The number of halogens is 1. The first-order chi connectivity index (χ1) is 8.25. The molecule has 0 unspecified atom stereocenters. The molecule has 2 aromatic rings. The number of hydrogen-bond acceptors (Lipinski definition) is 3. The van der Waals surface area contributed by atoms with Crippen LogP contribution in [-0.2, 0) is 7.05 Å². The van der Waals surface area contributed by atoms with Gasteiger partial charge in [0, 0.05) is 38.2 Å². The van der Waals surface area contributed by atoms with Crippen LogP contribution in [0, 0.1) is 0 Å². The van der Waals surface area contributed by atoms with Crippen molar-refractivity contribution in [2.45, 2.75) is 0 Å². The molecule has 1 aliphatic rings. The van der Waals surface area contributed by atoms with Gasteiger partial charge in [0.2, 0.25) is 5.95 Å². The number of benzene rings is 1. The number of aromatic nitrogens is 2. The zero-order valence-electron chi connectivity index (χ0n) is 9.78. The van der Waals surface area contributed by atoms with E-state index in [1.54, 1.807) is 0 Å². The van der Waals surface area contributed by atoms with E-state index in [1.165, 1.54) is 0 Å². The second-order valence-corrected chi connectivity index (χ2v) is 4.78. The van der Waals surface area contributed by atoms with Crippen molar-refractivity contribution in [2.75, 3.05) is 31.1 Å². The summed E-state index contributed by atoms with van der Waals surface area (Å²) in [4.78, 5) is 6.98. The Kier molecular flexibility index (Phi) is 2.68. The van der Waals surface area contributed by atoms with E-state index < -0.39 is 0 Å². The van der Waals surface area contributed by atoms with Crippen molar-refractivity contribution in [3.63, 3.8) is 0 Å². The van der Waals surface area contributed by atoms with Crippen molar-refractivity contribution in [3.8, 4) is 0 Å². The molecule has 0 aliphatic carbocycles. The molecule has 3 rings (SSSR count). The van der Waals surface area contributed by atoms with E-state index in [1.807, 2.05) is 18.2 Å². The molecule has 4 nitrogen and oxygen atoms in total. The van der Waals surface area contributed by atoms with Crippen LogP contribution in [0.3, 0.4) is 0 Å². The quantitative estimate of drug-likeness (QED) is 0.835. The summed E-state index contributed by atoms with van der Waals surface area (Å²) in [6.45, 7) is 4.05. The van der Waals surface area contributed by atoms with Gasteiger partial charge in [-0.3, -0.25) is 0 Å². The largest absolute Gasteiger partial charge is 0.340 e. The number of imidazole rings is 1. The minimum atomic E-state index is 0.738. The van der Waals surface area contributed by atoms with Gasteiger partial charge in [-0.2, -0.15) is 0 Å². The van der Waals surface area contributed by atoms with Crippen molar-refractivity contribution < 1.29 is 0 Å². The van der Waals surface area contributed by atoms with Gasteiger partial charge in [0.05, 0.1) is 11.0 Å². The average Bonchev–Trinajstić information content (AvgIpc) is 2.67. The third kappa shape index (κ3) is 1.87. The van der Waals surface area contributed by atoms with Crippen molar-refractivity contribution >= 4 is 28.6 Å². The minimum Gasteiger partial charge on any atom is -0.340 e. The normalized spacial score (nSPS) is 16.7. The topological polar surface area (TPSA) is 33.1 Å². The van der Waals surface area contributed by atoms with E-state index >= 15 is 0 Å². The van der Waals surface area contributed by atoms with E-state index in [4.69, 9.17) is 11.6 Å². The number of nitrogens with one attached hydrogen (secondary N) is 1. The Morgan fingerprint density at radius 3 is 2.82 bits per heavy atom. The first kappa shape index (κ1) is 10.9. The molecule has 1 aromatic heterocycles. The molecule has 0 amide bonds. The zero-order valence-corrected chi connectivity index (χ0v) is 10.5. The fourth-order valence-electron chi connectivity index (χ4n) is 2.31. The summed E-state index contributed by atoms with van der Waals surface area (Å²) < 4.78 is 2.14. The lowest BCUT2D eigenvalue weighted by Gasteiger charge is -2.28. The summed E-state index contributed by atoms with van der Waals surface area (Å²) in [5.74, 6) is 1.03. The SMILES string of the molecule is Cn1c(N2CCNCC2)nc2cc(Cl)ccc21. The van der Waals surface area contributed by atoms with Crippen molar-refractivity contribution in [3.05, 3.63) is 23.2 Å². The molecule has 0 radical (unpaired) electrons. The van der Waals surface area contributed by atoms with Crippen LogP contribution in [0.5, 0.6) is 0 Å². The first-order valence-corrected chi connectivity index (χ1v) is 6.21. The molecular weight excluding hydrogens is 236 g/mol. The fourth-order valence-corrected chi connectivity index (χ4v) is 2.47. The summed E-state index contributed by atoms with van der Waals surface area (Å²) >= 11 is 5.99. The number of fused-ring (bicyclic) bond motifs is 1. The Balaban J connectivity index is 2.07.